The van der Waals surface area contributed by atoms with Crippen molar-refractivity contribution in [2.24, 2.45) is 0 Å². The fraction of sp³-hybridized carbons (Fsp3) is 0.375. The summed E-state index contributed by atoms with van der Waals surface area (Å²) in [5.74, 6) is 0.788. The summed E-state index contributed by atoms with van der Waals surface area (Å²) in [5.41, 5.74) is 3.00. The number of aryl methyl sites for hydroxylation is 1. The maximum atomic E-state index is 13.1. The molecule has 4 heterocycles. The lowest BCUT2D eigenvalue weighted by molar-refractivity contribution is 0.0745. The van der Waals surface area contributed by atoms with Crippen LogP contribution in [-0.4, -0.2) is 57.2 Å². The van der Waals surface area contributed by atoms with Crippen LogP contribution in [0.25, 0.3) is 22.7 Å². The number of amides is 1. The molecule has 1 amide bonds. The van der Waals surface area contributed by atoms with Crippen LogP contribution in [0.2, 0.25) is 5.02 Å². The molecule has 0 N–H and O–H groups in total. The van der Waals surface area contributed by atoms with Gasteiger partial charge in [0.1, 0.15) is 0 Å². The standard InChI is InChI=1S/C24H25ClN6O3/c1-14-5-8-18-19(26-14)27-23(33-18)31-11-9-30(10-12-31)21(32)15-6-7-16(17(25)13-15)20-28-29-22(34-20)24(2,3)4/h5-8,13H,9-12H2,1-4H3. The number of pyridine rings is 1. The van der Waals surface area contributed by atoms with Gasteiger partial charge >= 0.3 is 0 Å². The zero-order valence-corrected chi connectivity index (χ0v) is 20.3. The minimum absolute atomic E-state index is 0.0798. The molecule has 0 spiro atoms. The van der Waals surface area contributed by atoms with Crippen LogP contribution in [-0.2, 0) is 5.41 Å². The Hall–Kier alpha value is -3.46. The smallest absolute Gasteiger partial charge is 0.300 e. The van der Waals surface area contributed by atoms with Crippen LogP contribution >= 0.6 is 11.6 Å². The molecule has 1 aromatic carbocycles. The summed E-state index contributed by atoms with van der Waals surface area (Å²) < 4.78 is 11.6. The molecule has 34 heavy (non-hydrogen) atoms. The van der Waals surface area contributed by atoms with Gasteiger partial charge < -0.3 is 18.6 Å². The second-order valence-electron chi connectivity index (χ2n) is 9.41. The Labute approximate surface area is 201 Å². The molecule has 5 rings (SSSR count). The number of benzene rings is 1. The Morgan fingerprint density at radius 3 is 2.44 bits per heavy atom. The van der Waals surface area contributed by atoms with Crippen LogP contribution in [0, 0.1) is 6.92 Å². The molecule has 0 unspecified atom stereocenters. The van der Waals surface area contributed by atoms with E-state index in [1.807, 2.05) is 44.7 Å². The number of piperazine rings is 1. The second kappa shape index (κ2) is 8.39. The molecule has 1 aliphatic heterocycles. The van der Waals surface area contributed by atoms with Gasteiger partial charge in [-0.1, -0.05) is 32.4 Å². The van der Waals surface area contributed by atoms with Crippen molar-refractivity contribution in [1.29, 1.82) is 0 Å². The molecule has 10 heteroatoms. The highest BCUT2D eigenvalue weighted by Gasteiger charge is 2.26. The van der Waals surface area contributed by atoms with Crippen molar-refractivity contribution in [3.63, 3.8) is 0 Å². The number of anilines is 1. The van der Waals surface area contributed by atoms with Gasteiger partial charge in [0.05, 0.1) is 10.6 Å². The number of nitrogens with zero attached hydrogens (tertiary/aromatic N) is 6. The van der Waals surface area contributed by atoms with Gasteiger partial charge in [0.25, 0.3) is 11.9 Å². The number of carbonyl (C=O) groups excluding carboxylic acids is 1. The van der Waals surface area contributed by atoms with Crippen molar-refractivity contribution in [2.45, 2.75) is 33.1 Å². The third kappa shape index (κ3) is 4.23. The van der Waals surface area contributed by atoms with Crippen molar-refractivity contribution in [2.75, 3.05) is 31.1 Å². The molecule has 4 aromatic rings. The molecule has 0 saturated carbocycles. The first-order valence-electron chi connectivity index (χ1n) is 11.1. The van der Waals surface area contributed by atoms with Crippen LogP contribution < -0.4 is 4.90 Å². The number of oxazole rings is 1. The molecule has 9 nitrogen and oxygen atoms in total. The Kier molecular flexibility index (Phi) is 5.51. The lowest BCUT2D eigenvalue weighted by Gasteiger charge is -2.33. The zero-order valence-electron chi connectivity index (χ0n) is 19.5. The van der Waals surface area contributed by atoms with Crippen molar-refractivity contribution < 1.29 is 13.6 Å². The molecule has 0 bridgehead atoms. The van der Waals surface area contributed by atoms with E-state index in [4.69, 9.17) is 20.4 Å². The van der Waals surface area contributed by atoms with Crippen molar-refractivity contribution in [1.82, 2.24) is 25.1 Å². The third-order valence-electron chi connectivity index (χ3n) is 5.73. The average Bonchev–Trinajstić information content (AvgIpc) is 3.46. The molecule has 1 fully saturated rings. The second-order valence-corrected chi connectivity index (χ2v) is 9.81. The van der Waals surface area contributed by atoms with E-state index in [9.17, 15) is 4.79 Å². The van der Waals surface area contributed by atoms with Gasteiger partial charge in [-0.05, 0) is 37.3 Å². The monoisotopic (exact) mass is 480 g/mol. The van der Waals surface area contributed by atoms with E-state index in [2.05, 4.69) is 20.2 Å². The van der Waals surface area contributed by atoms with E-state index >= 15 is 0 Å². The first-order chi connectivity index (χ1) is 16.2. The summed E-state index contributed by atoms with van der Waals surface area (Å²) in [6.45, 7) is 10.2. The van der Waals surface area contributed by atoms with Gasteiger partial charge in [0, 0.05) is 42.9 Å². The molecular weight excluding hydrogens is 456 g/mol. The summed E-state index contributed by atoms with van der Waals surface area (Å²) in [7, 11) is 0. The first-order valence-corrected chi connectivity index (χ1v) is 11.5. The number of hydrogen-bond acceptors (Lipinski definition) is 8. The van der Waals surface area contributed by atoms with Crippen LogP contribution in [0.3, 0.4) is 0 Å². The van der Waals surface area contributed by atoms with E-state index in [0.717, 1.165) is 5.69 Å². The maximum Gasteiger partial charge on any atom is 0.300 e. The van der Waals surface area contributed by atoms with E-state index in [0.29, 0.717) is 71.4 Å². The Morgan fingerprint density at radius 2 is 1.76 bits per heavy atom. The molecule has 1 saturated heterocycles. The number of fused-ring (bicyclic) bond motifs is 1. The van der Waals surface area contributed by atoms with Gasteiger partial charge in [-0.2, -0.15) is 4.98 Å². The van der Waals surface area contributed by atoms with E-state index < -0.39 is 0 Å². The van der Waals surface area contributed by atoms with Crippen molar-refractivity contribution in [3.05, 3.63) is 52.5 Å². The SMILES string of the molecule is Cc1ccc2oc(N3CCN(C(=O)c4ccc(-c5nnc(C(C)(C)C)o5)c(Cl)c4)CC3)nc2n1. The van der Waals surface area contributed by atoms with E-state index in [1.165, 1.54) is 0 Å². The predicted octanol–water partition coefficient (Wildman–Crippen LogP) is 4.49. The van der Waals surface area contributed by atoms with Crippen LogP contribution in [0.1, 0.15) is 42.7 Å². The highest BCUT2D eigenvalue weighted by molar-refractivity contribution is 6.33. The van der Waals surface area contributed by atoms with Crippen LogP contribution in [0.4, 0.5) is 6.01 Å². The zero-order chi connectivity index (χ0) is 24.0. The third-order valence-corrected chi connectivity index (χ3v) is 6.04. The van der Waals surface area contributed by atoms with Gasteiger partial charge in [-0.3, -0.25) is 4.79 Å². The maximum absolute atomic E-state index is 13.1. The minimum Gasteiger partial charge on any atom is -0.422 e. The molecule has 1 aliphatic rings. The topological polar surface area (TPSA) is 101 Å². The number of aromatic nitrogens is 4. The Morgan fingerprint density at radius 1 is 1.00 bits per heavy atom. The van der Waals surface area contributed by atoms with Crippen molar-refractivity contribution in [3.8, 4) is 11.5 Å². The average molecular weight is 481 g/mol. The lowest BCUT2D eigenvalue weighted by Crippen LogP contribution is -2.48. The minimum atomic E-state index is -0.261. The van der Waals surface area contributed by atoms with Gasteiger partial charge in [0.15, 0.2) is 5.58 Å². The number of hydrogen-bond donors (Lipinski definition) is 0. The van der Waals surface area contributed by atoms with E-state index in [1.54, 1.807) is 23.1 Å². The largest absolute Gasteiger partial charge is 0.422 e. The van der Waals surface area contributed by atoms with Gasteiger partial charge in [0.2, 0.25) is 17.4 Å². The summed E-state index contributed by atoms with van der Waals surface area (Å²) in [6.07, 6.45) is 0. The predicted molar refractivity (Wildman–Crippen MR) is 128 cm³/mol. The summed E-state index contributed by atoms with van der Waals surface area (Å²) >= 11 is 6.49. The fourth-order valence-electron chi connectivity index (χ4n) is 3.78. The Balaban J connectivity index is 1.27. The first kappa shape index (κ1) is 22.3. The van der Waals surface area contributed by atoms with Crippen LogP contribution in [0.15, 0.2) is 39.2 Å². The van der Waals surface area contributed by atoms with Gasteiger partial charge in [-0.15, -0.1) is 10.2 Å². The highest BCUT2D eigenvalue weighted by atomic mass is 35.5. The molecule has 0 aliphatic carbocycles. The number of carbonyl (C=O) groups is 1. The molecule has 0 radical (unpaired) electrons. The molecule has 176 valence electrons. The molecule has 0 atom stereocenters. The summed E-state index contributed by atoms with van der Waals surface area (Å²) in [6, 6.07) is 9.44. The lowest BCUT2D eigenvalue weighted by atomic mass is 9.97. The number of halogens is 1. The normalized spacial score (nSPS) is 14.7. The highest BCUT2D eigenvalue weighted by Crippen LogP contribution is 2.31. The Bertz CT molecular complexity index is 1360. The molecule has 3 aromatic heterocycles. The summed E-state index contributed by atoms with van der Waals surface area (Å²) in [5, 5.41) is 8.62. The quantitative estimate of drug-likeness (QED) is 0.422. The molecular formula is C24H25ClN6O3. The van der Waals surface area contributed by atoms with Gasteiger partial charge in [-0.25, -0.2) is 4.98 Å². The van der Waals surface area contributed by atoms with E-state index in [-0.39, 0.29) is 11.3 Å². The van der Waals surface area contributed by atoms with Crippen LogP contribution in [0.5, 0.6) is 0 Å². The summed E-state index contributed by atoms with van der Waals surface area (Å²) in [4.78, 5) is 25.8. The fourth-order valence-corrected chi connectivity index (χ4v) is 4.04. The number of rotatable bonds is 3. The van der Waals surface area contributed by atoms with Crippen molar-refractivity contribution >= 4 is 34.8 Å².